The van der Waals surface area contributed by atoms with Crippen molar-refractivity contribution in [3.63, 3.8) is 0 Å². The molecule has 1 aromatic carbocycles. The van der Waals surface area contributed by atoms with Crippen molar-refractivity contribution in [2.45, 2.75) is 13.5 Å². The highest BCUT2D eigenvalue weighted by Crippen LogP contribution is 2.25. The lowest BCUT2D eigenvalue weighted by Crippen LogP contribution is -2.03. The lowest BCUT2D eigenvalue weighted by molar-refractivity contribution is 0.286. The summed E-state index contributed by atoms with van der Waals surface area (Å²) in [4.78, 5) is 4.11. The standard InChI is InChI=1S/C18H15ClN4O3/c1-12-4-3-5-15(26-11-20)13(12)10-25-17-8-9-23(22-17)14-6-7-16(19)21-18(14)24-2/h3-9H,10H2,1-2H3. The van der Waals surface area contributed by atoms with Crippen molar-refractivity contribution >= 4 is 11.6 Å². The molecule has 0 amide bonds. The highest BCUT2D eigenvalue weighted by molar-refractivity contribution is 6.29. The van der Waals surface area contributed by atoms with Gasteiger partial charge < -0.3 is 14.2 Å². The molecule has 0 aliphatic rings. The number of halogens is 1. The maximum atomic E-state index is 8.76. The molecule has 2 heterocycles. The van der Waals surface area contributed by atoms with Crippen molar-refractivity contribution in [1.82, 2.24) is 14.8 Å². The second kappa shape index (κ2) is 7.76. The molecule has 3 aromatic rings. The zero-order valence-corrected chi connectivity index (χ0v) is 14.9. The smallest absolute Gasteiger partial charge is 0.292 e. The van der Waals surface area contributed by atoms with Crippen molar-refractivity contribution in [3.05, 3.63) is 58.9 Å². The number of nitrogens with zero attached hydrogens (tertiary/aromatic N) is 4. The summed E-state index contributed by atoms with van der Waals surface area (Å²) in [6.45, 7) is 2.14. The van der Waals surface area contributed by atoms with Crippen LogP contribution in [0.25, 0.3) is 5.69 Å². The van der Waals surface area contributed by atoms with Crippen molar-refractivity contribution in [2.75, 3.05) is 7.11 Å². The van der Waals surface area contributed by atoms with Gasteiger partial charge in [0.25, 0.3) is 6.26 Å². The van der Waals surface area contributed by atoms with Gasteiger partial charge in [-0.15, -0.1) is 10.4 Å². The Morgan fingerprint density at radius 3 is 2.85 bits per heavy atom. The van der Waals surface area contributed by atoms with E-state index in [2.05, 4.69) is 10.1 Å². The van der Waals surface area contributed by atoms with E-state index >= 15 is 0 Å². The van der Waals surface area contributed by atoms with Crippen LogP contribution < -0.4 is 14.2 Å². The van der Waals surface area contributed by atoms with Gasteiger partial charge in [0.2, 0.25) is 11.8 Å². The molecule has 0 unspecified atom stereocenters. The third kappa shape index (κ3) is 3.71. The summed E-state index contributed by atoms with van der Waals surface area (Å²) in [7, 11) is 1.51. The summed E-state index contributed by atoms with van der Waals surface area (Å²) in [5, 5.41) is 13.5. The van der Waals surface area contributed by atoms with Crippen molar-refractivity contribution in [2.24, 2.45) is 0 Å². The summed E-state index contributed by atoms with van der Waals surface area (Å²) in [5.74, 6) is 1.24. The molecule has 0 atom stereocenters. The maximum Gasteiger partial charge on any atom is 0.292 e. The third-order valence-electron chi connectivity index (χ3n) is 3.70. The highest BCUT2D eigenvalue weighted by Gasteiger charge is 2.12. The van der Waals surface area contributed by atoms with Gasteiger partial charge in [0.1, 0.15) is 23.2 Å². The molecule has 132 valence electrons. The average Bonchev–Trinajstić information content (AvgIpc) is 3.10. The monoisotopic (exact) mass is 370 g/mol. The topological polar surface area (TPSA) is 82.2 Å². The van der Waals surface area contributed by atoms with E-state index in [1.54, 1.807) is 41.4 Å². The van der Waals surface area contributed by atoms with Gasteiger partial charge in [0, 0.05) is 17.8 Å². The third-order valence-corrected chi connectivity index (χ3v) is 3.91. The van der Waals surface area contributed by atoms with E-state index in [9.17, 15) is 0 Å². The van der Waals surface area contributed by atoms with E-state index in [0.717, 1.165) is 11.1 Å². The molecule has 3 rings (SSSR count). The molecular formula is C18H15ClN4O3. The molecule has 2 aromatic heterocycles. The fourth-order valence-electron chi connectivity index (χ4n) is 2.40. The Labute approximate surface area is 155 Å². The minimum atomic E-state index is 0.219. The van der Waals surface area contributed by atoms with Gasteiger partial charge in [-0.1, -0.05) is 23.7 Å². The molecule has 8 heteroatoms. The lowest BCUT2D eigenvalue weighted by atomic mass is 10.1. The molecule has 0 saturated heterocycles. The van der Waals surface area contributed by atoms with Crippen molar-refractivity contribution in [1.29, 1.82) is 5.26 Å². The van der Waals surface area contributed by atoms with E-state index in [0.29, 0.717) is 28.3 Å². The molecular weight excluding hydrogens is 356 g/mol. The Hall–Kier alpha value is -3.24. The zero-order valence-electron chi connectivity index (χ0n) is 14.1. The Morgan fingerprint density at radius 1 is 1.23 bits per heavy atom. The highest BCUT2D eigenvalue weighted by atomic mass is 35.5. The number of ether oxygens (including phenoxy) is 3. The Morgan fingerprint density at radius 2 is 2.08 bits per heavy atom. The number of methoxy groups -OCH3 is 1. The molecule has 0 N–H and O–H groups in total. The number of aryl methyl sites for hydroxylation is 1. The number of nitriles is 1. The molecule has 7 nitrogen and oxygen atoms in total. The summed E-state index contributed by atoms with van der Waals surface area (Å²) in [6, 6.07) is 10.6. The molecule has 0 radical (unpaired) electrons. The molecule has 0 spiro atoms. The summed E-state index contributed by atoms with van der Waals surface area (Å²) < 4.78 is 17.6. The van der Waals surface area contributed by atoms with Gasteiger partial charge in [-0.2, -0.15) is 4.98 Å². The van der Waals surface area contributed by atoms with Gasteiger partial charge in [0.05, 0.1) is 7.11 Å². The van der Waals surface area contributed by atoms with Crippen LogP contribution >= 0.6 is 11.6 Å². The SMILES string of the molecule is COc1nc(Cl)ccc1-n1ccc(OCc2c(C)cccc2OC#N)n1. The number of pyridine rings is 1. The predicted octanol–water partition coefficient (Wildman–Crippen LogP) is 3.68. The van der Waals surface area contributed by atoms with Crippen LogP contribution in [0.15, 0.2) is 42.6 Å². The first-order chi connectivity index (χ1) is 12.6. The largest absolute Gasteiger partial charge is 0.479 e. The molecule has 0 bridgehead atoms. The first-order valence-corrected chi connectivity index (χ1v) is 8.04. The quantitative estimate of drug-likeness (QED) is 0.486. The molecule has 0 saturated carbocycles. The average molecular weight is 371 g/mol. The van der Waals surface area contributed by atoms with Crippen LogP contribution in [-0.2, 0) is 6.61 Å². The number of benzene rings is 1. The Balaban J connectivity index is 1.80. The second-order valence-electron chi connectivity index (χ2n) is 5.29. The van der Waals surface area contributed by atoms with Gasteiger partial charge in [-0.25, -0.2) is 4.68 Å². The maximum absolute atomic E-state index is 8.76. The normalized spacial score (nSPS) is 10.2. The first-order valence-electron chi connectivity index (χ1n) is 7.66. The van der Waals surface area contributed by atoms with Crippen LogP contribution in [0.3, 0.4) is 0 Å². The summed E-state index contributed by atoms with van der Waals surface area (Å²) in [6.07, 6.45) is 3.42. The van der Waals surface area contributed by atoms with Crippen molar-refractivity contribution in [3.8, 4) is 29.5 Å². The Kier molecular flexibility index (Phi) is 5.25. The number of hydrogen-bond donors (Lipinski definition) is 0. The van der Waals surface area contributed by atoms with Crippen LogP contribution in [-0.4, -0.2) is 21.9 Å². The molecule has 0 aliphatic carbocycles. The molecule has 0 aliphatic heterocycles. The predicted molar refractivity (Wildman–Crippen MR) is 94.7 cm³/mol. The number of aromatic nitrogens is 3. The molecule has 26 heavy (non-hydrogen) atoms. The van der Waals surface area contributed by atoms with E-state index < -0.39 is 0 Å². The van der Waals surface area contributed by atoms with E-state index in [1.165, 1.54) is 7.11 Å². The van der Waals surface area contributed by atoms with Crippen LogP contribution in [0.1, 0.15) is 11.1 Å². The summed E-state index contributed by atoms with van der Waals surface area (Å²) in [5.41, 5.74) is 2.38. The first kappa shape index (κ1) is 17.6. The summed E-state index contributed by atoms with van der Waals surface area (Å²) >= 11 is 5.88. The fourth-order valence-corrected chi connectivity index (χ4v) is 2.54. The number of hydrogen-bond acceptors (Lipinski definition) is 6. The van der Waals surface area contributed by atoms with E-state index in [4.69, 9.17) is 31.1 Å². The van der Waals surface area contributed by atoms with Crippen LogP contribution in [0.4, 0.5) is 0 Å². The zero-order chi connectivity index (χ0) is 18.5. The van der Waals surface area contributed by atoms with E-state index in [1.807, 2.05) is 19.1 Å². The molecule has 0 fully saturated rings. The fraction of sp³-hybridized carbons (Fsp3) is 0.167. The Bertz CT molecular complexity index is 965. The van der Waals surface area contributed by atoms with Gasteiger partial charge in [0.15, 0.2) is 0 Å². The second-order valence-corrected chi connectivity index (χ2v) is 5.68. The van der Waals surface area contributed by atoms with Crippen LogP contribution in [0.2, 0.25) is 5.15 Å². The van der Waals surface area contributed by atoms with Gasteiger partial charge in [-0.05, 0) is 30.7 Å². The minimum absolute atomic E-state index is 0.219. The van der Waals surface area contributed by atoms with Crippen LogP contribution in [0, 0.1) is 18.4 Å². The van der Waals surface area contributed by atoms with E-state index in [-0.39, 0.29) is 6.61 Å². The van der Waals surface area contributed by atoms with Crippen molar-refractivity contribution < 1.29 is 14.2 Å². The van der Waals surface area contributed by atoms with Crippen LogP contribution in [0.5, 0.6) is 17.5 Å². The van der Waals surface area contributed by atoms with Gasteiger partial charge >= 0.3 is 0 Å². The minimum Gasteiger partial charge on any atom is -0.479 e. The lowest BCUT2D eigenvalue weighted by Gasteiger charge is -2.10. The van der Waals surface area contributed by atoms with Gasteiger partial charge in [-0.3, -0.25) is 0 Å². The number of rotatable bonds is 6.